The first-order valence-electron chi connectivity index (χ1n) is 4.27. The number of hydrogen-bond donors (Lipinski definition) is 1. The number of hydrogen-bond acceptors (Lipinski definition) is 3. The molecule has 1 aliphatic carbocycles. The van der Waals surface area contributed by atoms with Crippen LogP contribution in [0.15, 0.2) is 0 Å². The molecule has 2 aliphatic rings. The molecular formula is C8H14O3. The number of aliphatic hydroxyl groups excluding tert-OH is 1. The lowest BCUT2D eigenvalue weighted by atomic mass is 9.92. The van der Waals surface area contributed by atoms with Crippen molar-refractivity contribution >= 4 is 0 Å². The van der Waals surface area contributed by atoms with Crippen LogP contribution in [0.3, 0.4) is 0 Å². The van der Waals surface area contributed by atoms with Crippen molar-refractivity contribution in [2.75, 3.05) is 13.2 Å². The summed E-state index contributed by atoms with van der Waals surface area (Å²) in [5.41, 5.74) is 0. The maximum Gasteiger partial charge on any atom is 0.170 e. The Bertz CT molecular complexity index is 140. The van der Waals surface area contributed by atoms with Crippen LogP contribution in [0.2, 0.25) is 0 Å². The minimum Gasteiger partial charge on any atom is -0.393 e. The van der Waals surface area contributed by atoms with Crippen molar-refractivity contribution in [2.45, 2.75) is 37.6 Å². The van der Waals surface area contributed by atoms with E-state index in [-0.39, 0.29) is 6.10 Å². The smallest absolute Gasteiger partial charge is 0.170 e. The lowest BCUT2D eigenvalue weighted by Crippen LogP contribution is -2.38. The first kappa shape index (κ1) is 7.53. The fourth-order valence-electron chi connectivity index (χ4n) is 1.93. The average Bonchev–Trinajstić information content (AvgIpc) is 2.37. The Labute approximate surface area is 66.3 Å². The van der Waals surface area contributed by atoms with Gasteiger partial charge in [0.05, 0.1) is 19.3 Å². The molecule has 64 valence electrons. The molecule has 11 heavy (non-hydrogen) atoms. The standard InChI is InChI=1S/C8H14O3/c9-7-2-1-3-8(6-7)10-4-5-11-8/h7,9H,1-6H2. The van der Waals surface area contributed by atoms with Crippen LogP contribution in [-0.2, 0) is 9.47 Å². The maximum atomic E-state index is 9.37. The van der Waals surface area contributed by atoms with Gasteiger partial charge < -0.3 is 14.6 Å². The van der Waals surface area contributed by atoms with Crippen LogP contribution in [0.5, 0.6) is 0 Å². The van der Waals surface area contributed by atoms with E-state index in [4.69, 9.17) is 9.47 Å². The molecule has 2 fully saturated rings. The third-order valence-electron chi connectivity index (χ3n) is 2.46. The van der Waals surface area contributed by atoms with E-state index in [0.717, 1.165) is 19.3 Å². The molecule has 1 aliphatic heterocycles. The lowest BCUT2D eigenvalue weighted by molar-refractivity contribution is -0.195. The number of ether oxygens (including phenoxy) is 2. The van der Waals surface area contributed by atoms with Gasteiger partial charge in [0.1, 0.15) is 0 Å². The highest BCUT2D eigenvalue weighted by molar-refractivity contribution is 4.82. The molecule has 3 nitrogen and oxygen atoms in total. The third-order valence-corrected chi connectivity index (χ3v) is 2.46. The van der Waals surface area contributed by atoms with Crippen LogP contribution in [-0.4, -0.2) is 30.2 Å². The molecule has 1 saturated carbocycles. The highest BCUT2D eigenvalue weighted by Gasteiger charge is 2.40. The van der Waals surface area contributed by atoms with Crippen molar-refractivity contribution in [3.05, 3.63) is 0 Å². The van der Waals surface area contributed by atoms with Crippen molar-refractivity contribution in [1.82, 2.24) is 0 Å². The van der Waals surface area contributed by atoms with Gasteiger partial charge in [-0.25, -0.2) is 0 Å². The van der Waals surface area contributed by atoms with Crippen molar-refractivity contribution < 1.29 is 14.6 Å². The Balaban J connectivity index is 2.00. The molecule has 0 aromatic heterocycles. The summed E-state index contributed by atoms with van der Waals surface area (Å²) in [7, 11) is 0. The zero-order valence-electron chi connectivity index (χ0n) is 6.58. The summed E-state index contributed by atoms with van der Waals surface area (Å²) in [6.45, 7) is 1.37. The zero-order chi connectivity index (χ0) is 7.73. The topological polar surface area (TPSA) is 38.7 Å². The summed E-state index contributed by atoms with van der Waals surface area (Å²) in [5.74, 6) is -0.405. The molecule has 1 unspecified atom stereocenters. The Morgan fingerprint density at radius 1 is 1.27 bits per heavy atom. The SMILES string of the molecule is OC1CCCC2(C1)OCCO2. The van der Waals surface area contributed by atoms with E-state index in [2.05, 4.69) is 0 Å². The molecule has 1 heterocycles. The van der Waals surface area contributed by atoms with E-state index in [0.29, 0.717) is 19.6 Å². The second-order valence-electron chi connectivity index (χ2n) is 3.36. The van der Waals surface area contributed by atoms with Crippen LogP contribution >= 0.6 is 0 Å². The maximum absolute atomic E-state index is 9.37. The van der Waals surface area contributed by atoms with Gasteiger partial charge in [0.25, 0.3) is 0 Å². The molecule has 0 amide bonds. The lowest BCUT2D eigenvalue weighted by Gasteiger charge is -2.33. The van der Waals surface area contributed by atoms with Gasteiger partial charge in [-0.05, 0) is 12.8 Å². The van der Waals surface area contributed by atoms with Gasteiger partial charge in [0, 0.05) is 12.8 Å². The van der Waals surface area contributed by atoms with Crippen molar-refractivity contribution in [1.29, 1.82) is 0 Å². The van der Waals surface area contributed by atoms with E-state index in [1.165, 1.54) is 0 Å². The highest BCUT2D eigenvalue weighted by Crippen LogP contribution is 2.35. The van der Waals surface area contributed by atoms with E-state index >= 15 is 0 Å². The molecule has 0 radical (unpaired) electrons. The van der Waals surface area contributed by atoms with E-state index < -0.39 is 5.79 Å². The summed E-state index contributed by atoms with van der Waals surface area (Å²) in [6.07, 6.45) is 3.30. The summed E-state index contributed by atoms with van der Waals surface area (Å²) in [5, 5.41) is 9.37. The predicted octanol–water partition coefficient (Wildman–Crippen LogP) is 0.664. The van der Waals surface area contributed by atoms with Crippen molar-refractivity contribution in [3.8, 4) is 0 Å². The molecule has 1 N–H and O–H groups in total. The average molecular weight is 158 g/mol. The molecule has 3 heteroatoms. The summed E-state index contributed by atoms with van der Waals surface area (Å²) in [4.78, 5) is 0. The van der Waals surface area contributed by atoms with Crippen LogP contribution in [0.1, 0.15) is 25.7 Å². The number of rotatable bonds is 0. The molecule has 2 rings (SSSR count). The Morgan fingerprint density at radius 3 is 2.64 bits per heavy atom. The van der Waals surface area contributed by atoms with Crippen molar-refractivity contribution in [2.24, 2.45) is 0 Å². The molecule has 1 saturated heterocycles. The fourth-order valence-corrected chi connectivity index (χ4v) is 1.93. The van der Waals surface area contributed by atoms with E-state index in [1.807, 2.05) is 0 Å². The monoisotopic (exact) mass is 158 g/mol. The Hall–Kier alpha value is -0.120. The molecule has 1 atom stereocenters. The summed E-state index contributed by atoms with van der Waals surface area (Å²) < 4.78 is 10.9. The van der Waals surface area contributed by atoms with Gasteiger partial charge in [-0.3, -0.25) is 0 Å². The van der Waals surface area contributed by atoms with E-state index in [9.17, 15) is 5.11 Å². The van der Waals surface area contributed by atoms with Gasteiger partial charge in [-0.15, -0.1) is 0 Å². The summed E-state index contributed by atoms with van der Waals surface area (Å²) >= 11 is 0. The van der Waals surface area contributed by atoms with Crippen LogP contribution in [0.25, 0.3) is 0 Å². The molecule has 0 bridgehead atoms. The Morgan fingerprint density at radius 2 is 2.00 bits per heavy atom. The summed E-state index contributed by atoms with van der Waals surface area (Å²) in [6, 6.07) is 0. The predicted molar refractivity (Wildman–Crippen MR) is 39.1 cm³/mol. The second kappa shape index (κ2) is 2.73. The minimum absolute atomic E-state index is 0.221. The molecule has 1 spiro atoms. The normalized spacial score (nSPS) is 36.3. The van der Waals surface area contributed by atoms with Gasteiger partial charge in [0.15, 0.2) is 5.79 Å². The fraction of sp³-hybridized carbons (Fsp3) is 1.00. The molecule has 0 aromatic rings. The quantitative estimate of drug-likeness (QED) is 0.563. The highest BCUT2D eigenvalue weighted by atomic mass is 16.7. The van der Waals surface area contributed by atoms with Crippen molar-refractivity contribution in [3.63, 3.8) is 0 Å². The zero-order valence-corrected chi connectivity index (χ0v) is 6.58. The minimum atomic E-state index is -0.405. The second-order valence-corrected chi connectivity index (χ2v) is 3.36. The van der Waals surface area contributed by atoms with Crippen LogP contribution < -0.4 is 0 Å². The Kier molecular flexibility index (Phi) is 1.87. The van der Waals surface area contributed by atoms with Crippen LogP contribution in [0, 0.1) is 0 Å². The first-order chi connectivity index (χ1) is 5.31. The van der Waals surface area contributed by atoms with Gasteiger partial charge >= 0.3 is 0 Å². The molecule has 0 aromatic carbocycles. The van der Waals surface area contributed by atoms with Crippen LogP contribution in [0.4, 0.5) is 0 Å². The number of aliphatic hydroxyl groups is 1. The largest absolute Gasteiger partial charge is 0.393 e. The first-order valence-corrected chi connectivity index (χ1v) is 4.27. The van der Waals surface area contributed by atoms with Gasteiger partial charge in [0.2, 0.25) is 0 Å². The van der Waals surface area contributed by atoms with E-state index in [1.54, 1.807) is 0 Å². The molecular weight excluding hydrogens is 144 g/mol. The third kappa shape index (κ3) is 1.41. The van der Waals surface area contributed by atoms with Gasteiger partial charge in [-0.2, -0.15) is 0 Å². The van der Waals surface area contributed by atoms with Gasteiger partial charge in [-0.1, -0.05) is 0 Å².